The van der Waals surface area contributed by atoms with Crippen molar-refractivity contribution in [2.45, 2.75) is 125 Å². The van der Waals surface area contributed by atoms with Crippen LogP contribution in [0.5, 0.6) is 0 Å². The number of aromatic nitrogens is 4. The molecule has 0 fully saturated rings. The number of benzene rings is 10. The zero-order valence-electron chi connectivity index (χ0n) is 79.1. The molecule has 0 amide bonds. The number of halogens is 1. The van der Waals surface area contributed by atoms with E-state index in [4.69, 9.17) is 28.6 Å². The molecule has 11 heteroatoms. The van der Waals surface area contributed by atoms with Gasteiger partial charge in [0.2, 0.25) is 0 Å². The van der Waals surface area contributed by atoms with Crippen molar-refractivity contribution in [3.63, 3.8) is 0 Å². The van der Waals surface area contributed by atoms with E-state index < -0.39 is 61.7 Å². The van der Waals surface area contributed by atoms with Gasteiger partial charge in [-0.2, -0.15) is 11.3 Å². The van der Waals surface area contributed by atoms with Gasteiger partial charge in [-0.1, -0.05) is 237 Å². The van der Waals surface area contributed by atoms with E-state index in [0.29, 0.717) is 55.7 Å². The normalized spacial score (nSPS) is 15.3. The first kappa shape index (κ1) is 62.2. The fourth-order valence-electron chi connectivity index (χ4n) is 12.9. The minimum Gasteiger partial charge on any atom is -0.500 e. The van der Waals surface area contributed by atoms with Gasteiger partial charge in [0.15, 0.2) is 0 Å². The molecular weight excluding hydrogens is 1750 g/mol. The number of furan rings is 1. The molecule has 16 aromatic rings. The van der Waals surface area contributed by atoms with Gasteiger partial charge >= 0.3 is 0 Å². The Hall–Kier alpha value is -9.52. The van der Waals surface area contributed by atoms with Crippen molar-refractivity contribution in [3.05, 3.63) is 359 Å². The minimum absolute atomic E-state index is 0. The second-order valence-electron chi connectivity index (χ2n) is 29.8. The maximum atomic E-state index is 13.8. The fraction of sp³-hybridized carbons (Fsp3) is 0.192. The van der Waals surface area contributed by atoms with E-state index in [1.54, 1.807) is 78.2 Å². The number of fused-ring (bicyclic) bond motifs is 6. The fourth-order valence-corrected chi connectivity index (χ4v) is 17.0. The van der Waals surface area contributed by atoms with Crippen molar-refractivity contribution >= 4 is 80.0 Å². The van der Waals surface area contributed by atoms with Gasteiger partial charge < -0.3 is 24.4 Å². The van der Waals surface area contributed by atoms with Gasteiger partial charge in [0.25, 0.3) is 0 Å². The summed E-state index contributed by atoms with van der Waals surface area (Å²) in [5.74, 6) is -2.02. The smallest absolute Gasteiger partial charge is 0.123 e. The molecule has 6 aromatic heterocycles. The predicted octanol–water partition coefficient (Wildman–Crippen LogP) is 25.8. The second kappa shape index (κ2) is 35.2. The summed E-state index contributed by atoms with van der Waals surface area (Å²) in [6.07, 6.45) is 5.42. The zero-order chi connectivity index (χ0) is 89.7. The van der Waals surface area contributed by atoms with Gasteiger partial charge in [-0.05, 0) is 168 Å². The molecule has 0 aliphatic heterocycles. The third-order valence-electron chi connectivity index (χ3n) is 18.9. The number of rotatable bonds is 13. The first-order chi connectivity index (χ1) is 58.1. The molecule has 2 atom stereocenters. The second-order valence-corrected chi connectivity index (χ2v) is 41.0. The summed E-state index contributed by atoms with van der Waals surface area (Å²) in [7, 11) is -3.42. The maximum absolute atomic E-state index is 13.8. The summed E-state index contributed by atoms with van der Waals surface area (Å²) >= 11 is 1.60. The largest absolute Gasteiger partial charge is 0.500 e. The molecule has 2 unspecified atom stereocenters. The average Bonchev–Trinajstić information content (AvgIpc) is 1.40. The third-order valence-corrected chi connectivity index (χ3v) is 24.1. The zero-order valence-corrected chi connectivity index (χ0v) is 70.7. The van der Waals surface area contributed by atoms with Crippen molar-refractivity contribution in [1.29, 1.82) is 0 Å². The molecule has 5 nitrogen and oxygen atoms in total. The van der Waals surface area contributed by atoms with Crippen LogP contribution < -0.4 is 10.4 Å². The molecule has 0 bridgehead atoms. The van der Waals surface area contributed by atoms with Crippen LogP contribution in [0.4, 0.5) is 4.39 Å². The minimum atomic E-state index is -2.64. The number of nitrogens with zero attached hydrogens (tertiary/aromatic N) is 4. The van der Waals surface area contributed by atoms with E-state index in [-0.39, 0.29) is 79.3 Å². The van der Waals surface area contributed by atoms with Crippen LogP contribution >= 0.6 is 11.3 Å². The number of aryl methyl sites for hydroxylation is 4. The van der Waals surface area contributed by atoms with Crippen LogP contribution in [0.3, 0.4) is 0 Å². The molecular formula is C99H93FIr2N4OSSi2-4. The molecule has 2 radical (unpaired) electrons. The van der Waals surface area contributed by atoms with Crippen LogP contribution in [0.1, 0.15) is 130 Å². The Morgan fingerprint density at radius 3 is 1.61 bits per heavy atom. The molecule has 10 aromatic carbocycles. The molecule has 0 aliphatic rings. The standard InChI is InChI=1S/C26H20NO.C26H32NSi.C24H15FNS.C23H26NSi.2Ir/c1-16-11-21-22-14-20(9-10-25(22)28-26(21)13-17(16)2)24-12-18(3)23(15-27-24)19-7-5-4-6-8-19;1-19(20-12-9-8-10-13-20)23-17-24(27-18-25(23)28(5,6)7)21-14-11-15-22(16-21)26(2,3)4;25-19-7-9-24-21(15-19)20-14-18(6-8-23(20)27-24)22-13-17(10-11-26-22)12-16-4-2-1-3-5-16;1-17-11-13-20(14-12-17)22-15-21(23(16-24-22)25(3,4)5)18(2)19-9-7-6-8-10-19;;/h4-8,10-15H,1-3H3;8-13,15-19H,1-7H3;1-5,7-11,13-15H,12H2;6-13,15-16,18H,1-5H3;;/q4*-1;;/i1D3,2D3,3D3;19D;12D2;1D3,18D;;. The van der Waals surface area contributed by atoms with E-state index in [2.05, 4.69) is 117 Å². The van der Waals surface area contributed by atoms with Gasteiger partial charge in [0.1, 0.15) is 11.4 Å². The molecule has 0 spiro atoms. The van der Waals surface area contributed by atoms with Crippen molar-refractivity contribution in [2.24, 2.45) is 0 Å². The Bertz CT molecular complexity index is 6550. The first-order valence-electron chi connectivity index (χ1n) is 43.8. The van der Waals surface area contributed by atoms with Crippen molar-refractivity contribution in [3.8, 4) is 56.2 Å². The van der Waals surface area contributed by atoms with Crippen LogP contribution in [0.2, 0.25) is 39.3 Å². The summed E-state index contributed by atoms with van der Waals surface area (Å²) in [5, 5.41) is 5.20. The SMILES string of the molecule is [2H]C(C)(c1ccccc1)c1cc(-c2[c-]ccc(C(C)(C)C)c2)ncc1[Si](C)(C)C.[2H]C([2H])([2H])c1c[c-]c(-c2cc(C([2H])(C)c3ccccc3)c([Si](C)(C)C)cn2)cc1.[2H]C([2H])([2H])c1cc(-c2[c-]cc3oc4cc(C([2H])([2H])[2H])c(C([2H])([2H])[2H])cc4c3c2)ncc1-c1ccccc1.[2H]C([2H])(c1ccccc1)c1ccnc(-c2[c-]cc3sc4ccc(F)cc4c3c2)c1.[Ir].[Ir]. The van der Waals surface area contributed by atoms with Crippen molar-refractivity contribution in [2.75, 3.05) is 0 Å². The Morgan fingerprint density at radius 2 is 1.01 bits per heavy atom. The molecule has 110 heavy (non-hydrogen) atoms. The average molecular weight is 1860 g/mol. The molecule has 0 N–H and O–H groups in total. The maximum Gasteiger partial charge on any atom is 0.123 e. The van der Waals surface area contributed by atoms with E-state index in [9.17, 15) is 7.13 Å². The van der Waals surface area contributed by atoms with E-state index in [0.717, 1.165) is 75.6 Å². The van der Waals surface area contributed by atoms with E-state index in [1.165, 1.54) is 47.3 Å². The van der Waals surface area contributed by atoms with Gasteiger partial charge in [0.05, 0.1) is 21.7 Å². The first-order valence-corrected chi connectivity index (χ1v) is 43.6. The van der Waals surface area contributed by atoms with Crippen LogP contribution in [-0.4, -0.2) is 36.1 Å². The Balaban J connectivity index is 0.000000163. The topological polar surface area (TPSA) is 64.7 Å². The number of hydrogen-bond donors (Lipinski definition) is 0. The summed E-state index contributed by atoms with van der Waals surface area (Å²) in [6, 6.07) is 85.7. The summed E-state index contributed by atoms with van der Waals surface area (Å²) in [4.78, 5) is 18.4. The summed E-state index contributed by atoms with van der Waals surface area (Å²) < 4.78 is 151. The van der Waals surface area contributed by atoms with Crippen molar-refractivity contribution < 1.29 is 71.0 Å². The van der Waals surface area contributed by atoms with Crippen LogP contribution in [-0.2, 0) is 52.0 Å². The summed E-state index contributed by atoms with van der Waals surface area (Å²) in [6.45, 7) is 14.5. The predicted molar refractivity (Wildman–Crippen MR) is 460 cm³/mol. The quantitative estimate of drug-likeness (QED) is 0.0850. The van der Waals surface area contributed by atoms with E-state index in [1.807, 2.05) is 160 Å². The molecule has 0 aliphatic carbocycles. The van der Waals surface area contributed by atoms with Crippen LogP contribution in [0.25, 0.3) is 98.3 Å². The van der Waals surface area contributed by atoms with Gasteiger partial charge in [0, 0.05) is 114 Å². The number of thiophene rings is 1. The van der Waals surface area contributed by atoms with Gasteiger partial charge in [-0.3, -0.25) is 0 Å². The Labute approximate surface area is 705 Å². The van der Waals surface area contributed by atoms with Crippen LogP contribution in [0, 0.1) is 57.5 Å². The van der Waals surface area contributed by atoms with Crippen LogP contribution in [0.15, 0.2) is 272 Å². The summed E-state index contributed by atoms with van der Waals surface area (Å²) in [5.41, 5.74) is 13.6. The molecule has 16 rings (SSSR count). The Kier molecular flexibility index (Phi) is 19.9. The molecule has 6 heterocycles. The van der Waals surface area contributed by atoms with Crippen molar-refractivity contribution in [1.82, 2.24) is 19.9 Å². The number of hydrogen-bond acceptors (Lipinski definition) is 6. The van der Waals surface area contributed by atoms with E-state index >= 15 is 0 Å². The molecule has 0 saturated carbocycles. The van der Waals surface area contributed by atoms with Gasteiger partial charge in [-0.25, -0.2) is 4.39 Å². The monoisotopic (exact) mass is 1860 g/mol. The number of pyridine rings is 4. The Morgan fingerprint density at radius 1 is 0.473 bits per heavy atom. The van der Waals surface area contributed by atoms with Gasteiger partial charge in [-0.15, -0.1) is 118 Å². The third kappa shape index (κ3) is 19.3. The molecule has 558 valence electrons. The molecule has 0 saturated heterocycles.